The van der Waals surface area contributed by atoms with E-state index in [9.17, 15) is 9.59 Å². The number of aryl methyl sites for hydroxylation is 1. The van der Waals surface area contributed by atoms with E-state index >= 15 is 0 Å². The third kappa shape index (κ3) is 4.24. The number of hydrogen-bond donors (Lipinski definition) is 3. The first-order chi connectivity index (χ1) is 17.6. The minimum atomic E-state index is -0.290. The monoisotopic (exact) mass is 481 g/mol. The second kappa shape index (κ2) is 9.14. The van der Waals surface area contributed by atoms with Crippen molar-refractivity contribution in [1.82, 2.24) is 29.8 Å². The van der Waals surface area contributed by atoms with Crippen LogP contribution >= 0.6 is 0 Å². The highest BCUT2D eigenvalue weighted by molar-refractivity contribution is 5.77. The quantitative estimate of drug-likeness (QED) is 0.339. The van der Waals surface area contributed by atoms with Crippen molar-refractivity contribution in [3.63, 3.8) is 0 Å². The second-order valence-corrected chi connectivity index (χ2v) is 8.70. The number of imidazole rings is 1. The fourth-order valence-electron chi connectivity index (χ4n) is 4.38. The number of benzene rings is 2. The molecule has 1 unspecified atom stereocenters. The number of carbonyl (C=O) groups excluding carboxylic acids is 1. The summed E-state index contributed by atoms with van der Waals surface area (Å²) in [4.78, 5) is 41.8. The SMILES string of the molecule is O=C(Cn1cnc2c(c1=O)NC(c1cnc(-c3ccccc3)o1)CC2)NCc1ccc2nc[nH]c2c1. The van der Waals surface area contributed by atoms with Gasteiger partial charge in [-0.3, -0.25) is 14.2 Å². The molecule has 10 heteroatoms. The van der Waals surface area contributed by atoms with Crippen LogP contribution in [0.4, 0.5) is 5.69 Å². The molecule has 2 aromatic carbocycles. The molecule has 5 aromatic rings. The molecular formula is C26H23N7O3. The third-order valence-electron chi connectivity index (χ3n) is 6.28. The van der Waals surface area contributed by atoms with Crippen molar-refractivity contribution in [3.8, 4) is 11.5 Å². The molecule has 1 atom stereocenters. The number of amides is 1. The lowest BCUT2D eigenvalue weighted by Gasteiger charge is -2.24. The Balaban J connectivity index is 1.14. The van der Waals surface area contributed by atoms with Gasteiger partial charge in [-0.2, -0.15) is 0 Å². The van der Waals surface area contributed by atoms with Crippen LogP contribution in [0.3, 0.4) is 0 Å². The van der Waals surface area contributed by atoms with Gasteiger partial charge in [0, 0.05) is 12.1 Å². The molecule has 3 aromatic heterocycles. The molecule has 10 nitrogen and oxygen atoms in total. The van der Waals surface area contributed by atoms with E-state index < -0.39 is 0 Å². The number of oxazole rings is 1. The summed E-state index contributed by atoms with van der Waals surface area (Å²) < 4.78 is 7.30. The second-order valence-electron chi connectivity index (χ2n) is 8.70. The highest BCUT2D eigenvalue weighted by atomic mass is 16.4. The summed E-state index contributed by atoms with van der Waals surface area (Å²) in [5.41, 5.74) is 4.38. The molecule has 180 valence electrons. The van der Waals surface area contributed by atoms with Crippen LogP contribution in [-0.4, -0.2) is 30.4 Å². The predicted octanol–water partition coefficient (Wildman–Crippen LogP) is 3.19. The summed E-state index contributed by atoms with van der Waals surface area (Å²) in [6.07, 6.45) is 6.09. The standard InChI is InChI=1S/C26H23N7O3/c34-23(27-11-16-6-7-18-21(10-16)30-14-29-18)13-33-15-31-20-9-8-19(32-24(20)26(33)35)22-12-28-25(36-22)17-4-2-1-3-5-17/h1-7,10,12,14-15,19,32H,8-9,11,13H2,(H,27,34)(H,29,30). The molecule has 1 aliphatic heterocycles. The highest BCUT2D eigenvalue weighted by Crippen LogP contribution is 2.31. The minimum Gasteiger partial charge on any atom is -0.439 e. The molecule has 6 rings (SSSR count). The van der Waals surface area contributed by atoms with Crippen molar-refractivity contribution >= 4 is 22.6 Å². The number of H-pyrrole nitrogens is 1. The van der Waals surface area contributed by atoms with Crippen LogP contribution in [0.2, 0.25) is 0 Å². The van der Waals surface area contributed by atoms with Gasteiger partial charge in [0.15, 0.2) is 0 Å². The number of aromatic nitrogens is 5. The Labute approximate surface area is 205 Å². The average Bonchev–Trinajstić information content (AvgIpc) is 3.59. The molecule has 4 heterocycles. The Morgan fingerprint density at radius 3 is 2.92 bits per heavy atom. The van der Waals surface area contributed by atoms with Crippen LogP contribution in [0.15, 0.2) is 76.6 Å². The number of aromatic amines is 1. The van der Waals surface area contributed by atoms with E-state index in [0.717, 1.165) is 22.2 Å². The van der Waals surface area contributed by atoms with Crippen LogP contribution in [0.5, 0.6) is 0 Å². The molecule has 0 radical (unpaired) electrons. The van der Waals surface area contributed by atoms with Crippen molar-refractivity contribution < 1.29 is 9.21 Å². The largest absolute Gasteiger partial charge is 0.439 e. The van der Waals surface area contributed by atoms with Gasteiger partial charge in [-0.15, -0.1) is 0 Å². The maximum Gasteiger partial charge on any atom is 0.277 e. The van der Waals surface area contributed by atoms with Gasteiger partial charge < -0.3 is 20.0 Å². The maximum absolute atomic E-state index is 13.2. The summed E-state index contributed by atoms with van der Waals surface area (Å²) >= 11 is 0. The first-order valence-electron chi connectivity index (χ1n) is 11.7. The van der Waals surface area contributed by atoms with Crippen molar-refractivity contribution in [3.05, 3.63) is 94.8 Å². The zero-order valence-electron chi connectivity index (χ0n) is 19.3. The Morgan fingerprint density at radius 2 is 2.03 bits per heavy atom. The van der Waals surface area contributed by atoms with Gasteiger partial charge in [0.2, 0.25) is 11.8 Å². The molecule has 0 spiro atoms. The van der Waals surface area contributed by atoms with Crippen molar-refractivity contribution in [2.24, 2.45) is 0 Å². The van der Waals surface area contributed by atoms with Crippen LogP contribution in [0, 0.1) is 0 Å². The van der Waals surface area contributed by atoms with E-state index in [1.54, 1.807) is 12.5 Å². The van der Waals surface area contributed by atoms with Crippen molar-refractivity contribution in [2.75, 3.05) is 5.32 Å². The average molecular weight is 482 g/mol. The normalized spacial score (nSPS) is 14.8. The van der Waals surface area contributed by atoms with E-state index in [-0.39, 0.29) is 24.1 Å². The molecular weight excluding hydrogens is 458 g/mol. The molecule has 0 bridgehead atoms. The number of carbonyl (C=O) groups is 1. The first-order valence-corrected chi connectivity index (χ1v) is 11.7. The lowest BCUT2D eigenvalue weighted by molar-refractivity contribution is -0.121. The van der Waals surface area contributed by atoms with E-state index in [1.807, 2.05) is 48.5 Å². The Hall–Kier alpha value is -4.73. The number of nitrogens with zero attached hydrogens (tertiary/aromatic N) is 4. The lowest BCUT2D eigenvalue weighted by Crippen LogP contribution is -2.35. The Bertz CT molecular complexity index is 1600. The molecule has 36 heavy (non-hydrogen) atoms. The number of nitrogens with one attached hydrogen (secondary N) is 3. The van der Waals surface area contributed by atoms with Crippen LogP contribution in [-0.2, 0) is 24.3 Å². The number of fused-ring (bicyclic) bond motifs is 2. The molecule has 0 aliphatic carbocycles. The first kappa shape index (κ1) is 21.8. The van der Waals surface area contributed by atoms with Gasteiger partial charge in [-0.05, 0) is 42.7 Å². The van der Waals surface area contributed by atoms with Gasteiger partial charge >= 0.3 is 0 Å². The van der Waals surface area contributed by atoms with E-state index in [2.05, 4.69) is 30.6 Å². The summed E-state index contributed by atoms with van der Waals surface area (Å²) in [6.45, 7) is 0.217. The van der Waals surface area contributed by atoms with Crippen molar-refractivity contribution in [2.45, 2.75) is 32.0 Å². The van der Waals surface area contributed by atoms with Gasteiger partial charge in [-0.25, -0.2) is 15.0 Å². The summed E-state index contributed by atoms with van der Waals surface area (Å²) in [6, 6.07) is 15.2. The number of anilines is 1. The molecule has 1 amide bonds. The van der Waals surface area contributed by atoms with Gasteiger partial charge in [-0.1, -0.05) is 24.3 Å². The Morgan fingerprint density at radius 1 is 1.14 bits per heavy atom. The van der Waals surface area contributed by atoms with Crippen LogP contribution in [0.1, 0.15) is 29.5 Å². The number of hydrogen-bond acceptors (Lipinski definition) is 7. The van der Waals surface area contributed by atoms with E-state index in [1.165, 1.54) is 10.9 Å². The molecule has 0 saturated carbocycles. The Kier molecular flexibility index (Phi) is 5.53. The lowest BCUT2D eigenvalue weighted by atomic mass is 10.0. The van der Waals surface area contributed by atoms with Gasteiger partial charge in [0.1, 0.15) is 18.0 Å². The highest BCUT2D eigenvalue weighted by Gasteiger charge is 2.26. The fraction of sp³-hybridized carbons (Fsp3) is 0.192. The zero-order valence-corrected chi connectivity index (χ0v) is 19.3. The minimum absolute atomic E-state index is 0.127. The van der Waals surface area contributed by atoms with E-state index in [0.29, 0.717) is 42.4 Å². The maximum atomic E-state index is 13.2. The molecule has 1 aliphatic rings. The fourth-order valence-corrected chi connectivity index (χ4v) is 4.38. The van der Waals surface area contributed by atoms with Gasteiger partial charge in [0.05, 0.1) is 41.6 Å². The molecule has 3 N–H and O–H groups in total. The van der Waals surface area contributed by atoms with Crippen molar-refractivity contribution in [1.29, 1.82) is 0 Å². The molecule has 0 fully saturated rings. The molecule has 0 saturated heterocycles. The van der Waals surface area contributed by atoms with Gasteiger partial charge in [0.25, 0.3) is 5.56 Å². The predicted molar refractivity (Wildman–Crippen MR) is 133 cm³/mol. The number of rotatable bonds is 6. The summed E-state index contributed by atoms with van der Waals surface area (Å²) in [5.74, 6) is 0.907. The topological polar surface area (TPSA) is 131 Å². The summed E-state index contributed by atoms with van der Waals surface area (Å²) in [7, 11) is 0. The third-order valence-corrected chi connectivity index (χ3v) is 6.28. The smallest absolute Gasteiger partial charge is 0.277 e. The summed E-state index contributed by atoms with van der Waals surface area (Å²) in [5, 5.41) is 6.12. The van der Waals surface area contributed by atoms with Crippen LogP contribution < -0.4 is 16.2 Å². The van der Waals surface area contributed by atoms with E-state index in [4.69, 9.17) is 4.42 Å². The zero-order chi connectivity index (χ0) is 24.5. The van der Waals surface area contributed by atoms with Crippen LogP contribution in [0.25, 0.3) is 22.5 Å².